The Morgan fingerprint density at radius 2 is 1.09 bits per heavy atom. The third-order valence-corrected chi connectivity index (χ3v) is 16.2. The number of nitrogens with one attached hydrogen (secondary N) is 9. The maximum absolute atomic E-state index is 15.2. The Labute approximate surface area is 554 Å². The van der Waals surface area contributed by atoms with Crippen LogP contribution in [0.25, 0.3) is 10.9 Å². The van der Waals surface area contributed by atoms with Crippen LogP contribution in [0.2, 0.25) is 0 Å². The van der Waals surface area contributed by atoms with Crippen LogP contribution in [0.3, 0.4) is 0 Å². The number of aromatic hydroxyl groups is 1. The van der Waals surface area contributed by atoms with E-state index in [1.165, 1.54) is 41.3 Å². The number of carboxylic acid groups (broad SMARTS) is 2. The van der Waals surface area contributed by atoms with Crippen LogP contribution in [0.15, 0.2) is 115 Å². The summed E-state index contributed by atoms with van der Waals surface area (Å²) in [5.74, 6) is -13.4. The van der Waals surface area contributed by atoms with E-state index in [4.69, 9.17) is 17.2 Å². The van der Waals surface area contributed by atoms with E-state index in [0.717, 1.165) is 0 Å². The van der Waals surface area contributed by atoms with Crippen LogP contribution in [0.5, 0.6) is 5.75 Å². The Bertz CT molecular complexity index is 3540. The monoisotopic (exact) mass is 1330 g/mol. The molecule has 1 fully saturated rings. The van der Waals surface area contributed by atoms with Gasteiger partial charge in [-0.2, -0.15) is 0 Å². The Morgan fingerprint density at radius 1 is 0.583 bits per heavy atom. The van der Waals surface area contributed by atoms with E-state index >= 15 is 14.4 Å². The third-order valence-electron chi connectivity index (χ3n) is 16.2. The molecule has 2 heterocycles. The first-order valence-corrected chi connectivity index (χ1v) is 31.7. The second-order valence-electron chi connectivity index (χ2n) is 24.5. The van der Waals surface area contributed by atoms with Crippen LogP contribution in [0.1, 0.15) is 101 Å². The summed E-state index contributed by atoms with van der Waals surface area (Å²) >= 11 is 0. The lowest BCUT2D eigenvalue weighted by atomic mass is 9.99. The highest BCUT2D eigenvalue weighted by atomic mass is 16.4. The molecule has 96 heavy (non-hydrogen) atoms. The number of primary amides is 1. The van der Waals surface area contributed by atoms with Gasteiger partial charge in [-0.05, 0) is 90.9 Å². The second kappa shape index (κ2) is 35.9. The van der Waals surface area contributed by atoms with Gasteiger partial charge in [0.25, 0.3) is 0 Å². The van der Waals surface area contributed by atoms with Crippen LogP contribution < -0.4 is 59.7 Å². The Balaban J connectivity index is 1.28. The molecule has 0 saturated carbocycles. The largest absolute Gasteiger partial charge is 0.508 e. The number of aliphatic carboxylic acids is 2. The molecule has 1 aliphatic heterocycles. The number of amides is 10. The predicted octanol–water partition coefficient (Wildman–Crippen LogP) is -0.293. The number of hydrogen-bond donors (Lipinski definition) is 16. The number of H-pyrrole nitrogens is 1. The van der Waals surface area contributed by atoms with Crippen molar-refractivity contribution in [1.82, 2.24) is 52.4 Å². The minimum atomic E-state index is -2.07. The average molecular weight is 1330 g/mol. The molecule has 29 nitrogen and oxygen atoms in total. The molecule has 1 saturated heterocycles. The average Bonchev–Trinajstić information content (AvgIpc) is 1.59. The number of aliphatic hydroxyl groups excluding tert-OH is 1. The molecule has 0 spiro atoms. The zero-order valence-corrected chi connectivity index (χ0v) is 53.8. The van der Waals surface area contributed by atoms with E-state index in [1.807, 2.05) is 19.2 Å². The fourth-order valence-corrected chi connectivity index (χ4v) is 11.0. The number of carbonyl (C=O) groups is 12. The molecule has 11 atom stereocenters. The van der Waals surface area contributed by atoms with Crippen molar-refractivity contribution in [2.75, 3.05) is 13.1 Å². The van der Waals surface area contributed by atoms with Gasteiger partial charge in [0, 0.05) is 42.9 Å². The number of rotatable bonds is 36. The highest BCUT2D eigenvalue weighted by molar-refractivity contribution is 6.00. The van der Waals surface area contributed by atoms with E-state index in [1.54, 1.807) is 92.8 Å². The lowest BCUT2D eigenvalue weighted by Gasteiger charge is -2.31. The first-order chi connectivity index (χ1) is 45.6. The molecular formula is C67H87N13O16. The van der Waals surface area contributed by atoms with Gasteiger partial charge in [0.05, 0.1) is 18.9 Å². The number of aromatic amines is 1. The molecule has 1 aliphatic rings. The number of aliphatic hydroxyl groups is 1. The summed E-state index contributed by atoms with van der Waals surface area (Å²) in [7, 11) is 0. The fraction of sp³-hybridized carbons (Fsp3) is 0.433. The van der Waals surface area contributed by atoms with Crippen molar-refractivity contribution in [3.05, 3.63) is 138 Å². The molecule has 1 unspecified atom stereocenters. The van der Waals surface area contributed by atoms with Gasteiger partial charge in [-0.3, -0.25) is 52.7 Å². The molecule has 10 amide bonds. The van der Waals surface area contributed by atoms with Gasteiger partial charge in [0.2, 0.25) is 59.1 Å². The van der Waals surface area contributed by atoms with E-state index in [0.29, 0.717) is 34.0 Å². The molecule has 1 aromatic heterocycles. The molecule has 19 N–H and O–H groups in total. The molecule has 0 aliphatic carbocycles. The first-order valence-electron chi connectivity index (χ1n) is 31.7. The van der Waals surface area contributed by atoms with Gasteiger partial charge in [-0.1, -0.05) is 119 Å². The molecule has 6 rings (SSSR count). The van der Waals surface area contributed by atoms with Gasteiger partial charge < -0.3 is 90.0 Å². The number of phenolic OH excluding ortho intramolecular Hbond substituents is 1. The zero-order chi connectivity index (χ0) is 70.3. The second-order valence-corrected chi connectivity index (χ2v) is 24.5. The van der Waals surface area contributed by atoms with Gasteiger partial charge in [0.1, 0.15) is 60.2 Å². The molecule has 516 valence electrons. The van der Waals surface area contributed by atoms with E-state index in [-0.39, 0.29) is 81.2 Å². The summed E-state index contributed by atoms with van der Waals surface area (Å²) in [6.45, 7) is 7.34. The number of nitrogens with zero attached hydrogens (tertiary/aromatic N) is 1. The van der Waals surface area contributed by atoms with Crippen molar-refractivity contribution in [3.8, 4) is 5.75 Å². The zero-order valence-electron chi connectivity index (χ0n) is 53.8. The Morgan fingerprint density at radius 3 is 1.70 bits per heavy atom. The van der Waals surface area contributed by atoms with E-state index in [2.05, 4.69) is 42.2 Å². The van der Waals surface area contributed by atoms with Crippen molar-refractivity contribution in [2.24, 2.45) is 29.0 Å². The highest BCUT2D eigenvalue weighted by Crippen LogP contribution is 2.24. The minimum absolute atomic E-state index is 0.00665. The van der Waals surface area contributed by atoms with Gasteiger partial charge in [-0.15, -0.1) is 0 Å². The van der Waals surface area contributed by atoms with E-state index in [9.17, 15) is 63.6 Å². The van der Waals surface area contributed by atoms with Gasteiger partial charge in [-0.25, -0.2) is 4.79 Å². The summed E-state index contributed by atoms with van der Waals surface area (Å²) in [5.41, 5.74) is 19.7. The topological polar surface area (TPSA) is 479 Å². The number of carbonyl (C=O) groups excluding carboxylic acids is 10. The standard InChI is InChI=1S/C67H87N13O16/c1-36(2)29-46(73-58(86)45(21-13-27-68)72-65(93)55(70)37(3)4)59(87)78-51(31-39-23-25-42(81)26-24-39)66(94)80-28-14-22-52(80)64(92)77-48(32-41-35-71-44-20-12-11-19-43(41)44)61(89)74-47(30-38-15-7-5-8-16-38)60(88)75-49(33-53(69)82)62(90)76-50(34-54(83)84)63(91)79-56(67(95)96)57(85)40-17-9-6-10-18-40/h5-12,15-20,23-26,35-37,45-52,55-57,71,81,85H,13-14,21-22,27-34,68,70H2,1-4H3,(H2,69,82)(H,72,93)(H,73,86)(H,74,89)(H,75,88)(H,76,90)(H,77,92)(H,78,87)(H,79,91)(H,83,84)(H,95,96)/t45-,46-,47-,48-,49-,50-,51-,52-,55-,56-,57?/m0/s1. The summed E-state index contributed by atoms with van der Waals surface area (Å²) in [6, 6.07) is 13.2. The number of fused-ring (bicyclic) bond motifs is 1. The summed E-state index contributed by atoms with van der Waals surface area (Å²) in [5, 5.41) is 61.9. The quantitative estimate of drug-likeness (QED) is 0.0245. The lowest BCUT2D eigenvalue weighted by Crippen LogP contribution is -2.61. The lowest BCUT2D eigenvalue weighted by molar-refractivity contribution is -0.146. The Hall–Kier alpha value is -10.3. The van der Waals surface area contributed by atoms with Crippen molar-refractivity contribution in [3.63, 3.8) is 0 Å². The number of phenols is 1. The van der Waals surface area contributed by atoms with Crippen LogP contribution in [-0.4, -0.2) is 175 Å². The molecular weight excluding hydrogens is 1240 g/mol. The number of likely N-dealkylation sites (tertiary alicyclic amines) is 1. The number of aromatic nitrogens is 1. The summed E-state index contributed by atoms with van der Waals surface area (Å²) < 4.78 is 0. The molecule has 29 heteroatoms. The minimum Gasteiger partial charge on any atom is -0.508 e. The highest BCUT2D eigenvalue weighted by Gasteiger charge is 2.42. The third kappa shape index (κ3) is 21.9. The summed E-state index contributed by atoms with van der Waals surface area (Å²) in [4.78, 5) is 171. The van der Waals surface area contributed by atoms with Gasteiger partial charge >= 0.3 is 11.9 Å². The van der Waals surface area contributed by atoms with Crippen molar-refractivity contribution >= 4 is 81.9 Å². The van der Waals surface area contributed by atoms with Gasteiger partial charge in [0.15, 0.2) is 6.04 Å². The molecule has 4 aromatic carbocycles. The van der Waals surface area contributed by atoms with E-state index < -0.39 is 150 Å². The van der Waals surface area contributed by atoms with Crippen LogP contribution in [-0.2, 0) is 76.8 Å². The number of carboxylic acids is 2. The van der Waals surface area contributed by atoms with Crippen LogP contribution in [0.4, 0.5) is 0 Å². The number of benzene rings is 4. The fourth-order valence-electron chi connectivity index (χ4n) is 11.0. The van der Waals surface area contributed by atoms with Crippen molar-refractivity contribution in [2.45, 2.75) is 158 Å². The Kier molecular flexibility index (Phi) is 27.9. The number of para-hydroxylation sites is 1. The van der Waals surface area contributed by atoms with Crippen LogP contribution in [0, 0.1) is 11.8 Å². The molecule has 0 radical (unpaired) electrons. The molecule has 0 bridgehead atoms. The molecule has 5 aromatic rings. The normalized spacial score (nSPS) is 16.0. The van der Waals surface area contributed by atoms with Crippen LogP contribution >= 0.6 is 0 Å². The SMILES string of the molecule is CC(C)C[C@H](NC(=O)[C@H](CCCN)NC(=O)[C@@H](N)C(C)C)C(=O)N[C@@H](Cc1ccc(O)cc1)C(=O)N1CCC[C@H]1C(=O)N[C@@H](Cc1c[nH]c2ccccc12)C(=O)N[C@@H](Cc1ccccc1)C(=O)N[C@@H](CC(N)=O)C(=O)N[C@@H](CC(=O)O)C(=O)N[C@H](C(=O)O)C(O)c1ccccc1. The van der Waals surface area contributed by atoms with Crippen molar-refractivity contribution in [1.29, 1.82) is 0 Å². The maximum atomic E-state index is 15.2. The smallest absolute Gasteiger partial charge is 0.329 e. The first kappa shape index (κ1) is 74.8. The number of hydrogen-bond acceptors (Lipinski definition) is 16. The van der Waals surface area contributed by atoms with Crippen molar-refractivity contribution < 1.29 is 78.0 Å². The maximum Gasteiger partial charge on any atom is 0.329 e. The summed E-state index contributed by atoms with van der Waals surface area (Å²) in [6.07, 6.45) is -2.11. The predicted molar refractivity (Wildman–Crippen MR) is 350 cm³/mol. The number of nitrogens with two attached hydrogens (primary N) is 3.